The van der Waals surface area contributed by atoms with Crippen molar-refractivity contribution in [1.29, 1.82) is 0 Å². The van der Waals surface area contributed by atoms with Crippen LogP contribution in [0.5, 0.6) is 0 Å². The quantitative estimate of drug-likeness (QED) is 0.778. The molecule has 3 nitrogen and oxygen atoms in total. The van der Waals surface area contributed by atoms with Crippen molar-refractivity contribution in [3.8, 4) is 10.6 Å². The molecular formula is C17H21NO2S. The largest absolute Gasteiger partial charge is 0.462 e. The molecule has 0 unspecified atom stereocenters. The van der Waals surface area contributed by atoms with E-state index in [-0.39, 0.29) is 11.4 Å². The zero-order valence-electron chi connectivity index (χ0n) is 13.2. The van der Waals surface area contributed by atoms with Crippen LogP contribution in [0.15, 0.2) is 23.6 Å². The summed E-state index contributed by atoms with van der Waals surface area (Å²) in [6.45, 7) is 10.4. The maximum atomic E-state index is 12.1. The normalized spacial score (nSPS) is 11.5. The Morgan fingerprint density at radius 1 is 1.29 bits per heavy atom. The maximum Gasteiger partial charge on any atom is 0.340 e. The summed E-state index contributed by atoms with van der Waals surface area (Å²) < 4.78 is 5.14. The van der Waals surface area contributed by atoms with E-state index in [1.165, 1.54) is 5.56 Å². The Morgan fingerprint density at radius 3 is 2.52 bits per heavy atom. The zero-order valence-corrected chi connectivity index (χ0v) is 14.0. The molecule has 0 atom stereocenters. The van der Waals surface area contributed by atoms with Gasteiger partial charge < -0.3 is 4.74 Å². The summed E-state index contributed by atoms with van der Waals surface area (Å²) >= 11 is 1.67. The van der Waals surface area contributed by atoms with Crippen LogP contribution >= 0.6 is 11.3 Å². The van der Waals surface area contributed by atoms with Crippen molar-refractivity contribution in [2.45, 2.75) is 40.0 Å². The molecule has 0 aliphatic rings. The third-order valence-electron chi connectivity index (χ3n) is 3.20. The highest BCUT2D eigenvalue weighted by molar-refractivity contribution is 7.13. The highest BCUT2D eigenvalue weighted by atomic mass is 32.1. The number of aryl methyl sites for hydroxylation is 1. The van der Waals surface area contributed by atoms with Crippen molar-refractivity contribution >= 4 is 17.3 Å². The fraction of sp³-hybridized carbons (Fsp3) is 0.412. The molecule has 0 spiro atoms. The van der Waals surface area contributed by atoms with Crippen LogP contribution in [0.25, 0.3) is 10.6 Å². The Morgan fingerprint density at radius 2 is 2.00 bits per heavy atom. The summed E-state index contributed by atoms with van der Waals surface area (Å²) in [6, 6.07) is 5.82. The van der Waals surface area contributed by atoms with Gasteiger partial charge in [-0.3, -0.25) is 4.98 Å². The van der Waals surface area contributed by atoms with Crippen molar-refractivity contribution in [2.24, 2.45) is 0 Å². The van der Waals surface area contributed by atoms with Gasteiger partial charge in [0.2, 0.25) is 0 Å². The first kappa shape index (κ1) is 15.7. The molecule has 0 aromatic carbocycles. The minimum absolute atomic E-state index is 0.219. The van der Waals surface area contributed by atoms with E-state index in [0.29, 0.717) is 12.2 Å². The van der Waals surface area contributed by atoms with E-state index in [0.717, 1.165) is 16.3 Å². The van der Waals surface area contributed by atoms with Gasteiger partial charge in [0.1, 0.15) is 0 Å². The summed E-state index contributed by atoms with van der Waals surface area (Å²) in [5, 5.41) is 2.06. The lowest BCUT2D eigenvalue weighted by Crippen LogP contribution is -2.20. The molecule has 0 N–H and O–H groups in total. The summed E-state index contributed by atoms with van der Waals surface area (Å²) in [6.07, 6.45) is 0. The van der Waals surface area contributed by atoms with Gasteiger partial charge in [-0.15, -0.1) is 11.3 Å². The molecule has 0 fully saturated rings. The number of aromatic nitrogens is 1. The summed E-state index contributed by atoms with van der Waals surface area (Å²) in [5.74, 6) is -0.302. The monoisotopic (exact) mass is 303 g/mol. The lowest BCUT2D eigenvalue weighted by atomic mass is 9.88. The number of pyridine rings is 1. The highest BCUT2D eigenvalue weighted by Crippen LogP contribution is 2.31. The van der Waals surface area contributed by atoms with Gasteiger partial charge in [-0.1, -0.05) is 20.8 Å². The number of nitrogens with zero attached hydrogens (tertiary/aromatic N) is 1. The molecule has 0 aliphatic heterocycles. The molecule has 0 bridgehead atoms. The van der Waals surface area contributed by atoms with Crippen LogP contribution in [0.4, 0.5) is 0 Å². The molecule has 21 heavy (non-hydrogen) atoms. The topological polar surface area (TPSA) is 39.2 Å². The molecule has 0 amide bonds. The second-order valence-electron chi connectivity index (χ2n) is 6.00. The van der Waals surface area contributed by atoms with E-state index < -0.39 is 0 Å². The average Bonchev–Trinajstić information content (AvgIpc) is 2.83. The van der Waals surface area contributed by atoms with Crippen molar-refractivity contribution in [2.75, 3.05) is 6.61 Å². The number of thiophene rings is 1. The molecule has 0 radical (unpaired) electrons. The van der Waals surface area contributed by atoms with E-state index in [9.17, 15) is 4.79 Å². The smallest absolute Gasteiger partial charge is 0.340 e. The third kappa shape index (κ3) is 3.32. The molecule has 2 aromatic rings. The van der Waals surface area contributed by atoms with E-state index >= 15 is 0 Å². The van der Waals surface area contributed by atoms with Gasteiger partial charge in [0.25, 0.3) is 0 Å². The van der Waals surface area contributed by atoms with Crippen molar-refractivity contribution < 1.29 is 9.53 Å². The molecule has 0 saturated carbocycles. The van der Waals surface area contributed by atoms with Crippen LogP contribution in [0, 0.1) is 6.92 Å². The SMILES string of the molecule is CCOC(=O)c1ccc(-c2sccc2C)nc1C(C)(C)C. The van der Waals surface area contributed by atoms with Crippen LogP contribution < -0.4 is 0 Å². The summed E-state index contributed by atoms with van der Waals surface area (Å²) in [5.41, 5.74) is 3.24. The van der Waals surface area contributed by atoms with Gasteiger partial charge in [-0.25, -0.2) is 4.79 Å². The van der Waals surface area contributed by atoms with Gasteiger partial charge in [0, 0.05) is 5.41 Å². The predicted molar refractivity (Wildman–Crippen MR) is 86.9 cm³/mol. The van der Waals surface area contributed by atoms with Crippen molar-refractivity contribution in [3.63, 3.8) is 0 Å². The number of hydrogen-bond acceptors (Lipinski definition) is 4. The van der Waals surface area contributed by atoms with Crippen LogP contribution in [-0.2, 0) is 10.2 Å². The minimum atomic E-state index is -0.302. The van der Waals surface area contributed by atoms with Crippen LogP contribution in [0.3, 0.4) is 0 Å². The molecule has 0 saturated heterocycles. The fourth-order valence-electron chi connectivity index (χ4n) is 2.17. The Balaban J connectivity index is 2.55. The lowest BCUT2D eigenvalue weighted by Gasteiger charge is -2.21. The maximum absolute atomic E-state index is 12.1. The second-order valence-corrected chi connectivity index (χ2v) is 6.91. The van der Waals surface area contributed by atoms with E-state index in [1.54, 1.807) is 11.3 Å². The number of carbonyl (C=O) groups excluding carboxylic acids is 1. The molecule has 2 aromatic heterocycles. The Kier molecular flexibility index (Phi) is 4.47. The summed E-state index contributed by atoms with van der Waals surface area (Å²) in [4.78, 5) is 18.0. The number of carbonyl (C=O) groups is 1. The molecule has 2 rings (SSSR count). The zero-order chi connectivity index (χ0) is 15.6. The van der Waals surface area contributed by atoms with E-state index in [1.807, 2.05) is 19.1 Å². The van der Waals surface area contributed by atoms with Crippen LogP contribution in [-0.4, -0.2) is 17.6 Å². The van der Waals surface area contributed by atoms with E-state index in [2.05, 4.69) is 39.1 Å². The lowest BCUT2D eigenvalue weighted by molar-refractivity contribution is 0.0523. The Hall–Kier alpha value is -1.68. The van der Waals surface area contributed by atoms with E-state index in [4.69, 9.17) is 9.72 Å². The first-order valence-corrected chi connectivity index (χ1v) is 7.95. The molecule has 112 valence electrons. The second kappa shape index (κ2) is 5.98. The van der Waals surface area contributed by atoms with Crippen molar-refractivity contribution in [1.82, 2.24) is 4.98 Å². The fourth-order valence-corrected chi connectivity index (χ4v) is 3.06. The van der Waals surface area contributed by atoms with Gasteiger partial charge >= 0.3 is 5.97 Å². The third-order valence-corrected chi connectivity index (χ3v) is 4.23. The van der Waals surface area contributed by atoms with Crippen LogP contribution in [0.2, 0.25) is 0 Å². The predicted octanol–water partition coefficient (Wildman–Crippen LogP) is 4.59. The van der Waals surface area contributed by atoms with Crippen molar-refractivity contribution in [3.05, 3.63) is 40.4 Å². The Labute approximate surface area is 130 Å². The molecular weight excluding hydrogens is 282 g/mol. The van der Waals surface area contributed by atoms with Crippen LogP contribution in [0.1, 0.15) is 49.3 Å². The number of hydrogen-bond donors (Lipinski definition) is 0. The number of ether oxygens (including phenoxy) is 1. The molecule has 0 aliphatic carbocycles. The van der Waals surface area contributed by atoms with Gasteiger partial charge in [0.05, 0.1) is 28.4 Å². The molecule has 2 heterocycles. The summed E-state index contributed by atoms with van der Waals surface area (Å²) in [7, 11) is 0. The standard InChI is InChI=1S/C17H21NO2S/c1-6-20-16(19)12-7-8-13(14-11(2)9-10-21-14)18-15(12)17(3,4)5/h7-10H,6H2,1-5H3. The first-order chi connectivity index (χ1) is 9.84. The average molecular weight is 303 g/mol. The highest BCUT2D eigenvalue weighted by Gasteiger charge is 2.25. The first-order valence-electron chi connectivity index (χ1n) is 7.07. The Bertz CT molecular complexity index is 653. The molecule has 4 heteroatoms. The van der Waals surface area contributed by atoms with Gasteiger partial charge in [0.15, 0.2) is 0 Å². The number of rotatable bonds is 3. The number of esters is 1. The van der Waals surface area contributed by atoms with Gasteiger partial charge in [-0.05, 0) is 43.0 Å². The van der Waals surface area contributed by atoms with Gasteiger partial charge in [-0.2, -0.15) is 0 Å². The minimum Gasteiger partial charge on any atom is -0.462 e.